The van der Waals surface area contributed by atoms with Crippen molar-refractivity contribution >= 4 is 0 Å². The highest BCUT2D eigenvalue weighted by Gasteiger charge is 2.41. The topological polar surface area (TPSA) is 15.7 Å². The van der Waals surface area contributed by atoms with Gasteiger partial charge in [-0.2, -0.15) is 0 Å². The van der Waals surface area contributed by atoms with Crippen LogP contribution in [0.25, 0.3) is 0 Å². The Hall–Kier alpha value is -0.120. The molecule has 2 aliphatic rings. The monoisotopic (exact) mass is 240 g/mol. The number of nitrogens with zero attached hydrogens (tertiary/aromatic N) is 2. The Labute approximate surface area is 106 Å². The molecule has 100 valence electrons. The first kappa shape index (κ1) is 13.3. The van der Waals surface area contributed by atoms with E-state index in [9.17, 15) is 0 Å². The molecule has 2 fully saturated rings. The van der Waals surface area contributed by atoms with Crippen LogP contribution in [0, 0.1) is 0 Å². The van der Waals surface area contributed by atoms with Gasteiger partial charge in [-0.15, -0.1) is 0 Å². The van der Waals surface area contributed by atoms with Crippen LogP contribution in [-0.4, -0.2) is 61.3 Å². The summed E-state index contributed by atoms with van der Waals surface area (Å²) in [6, 6.07) is 0.718. The molecule has 3 heteroatoms. The highest BCUT2D eigenvalue weighted by atomic mass is 16.5. The smallest absolute Gasteiger partial charge is 0.0589 e. The van der Waals surface area contributed by atoms with Gasteiger partial charge in [0.15, 0.2) is 0 Å². The lowest BCUT2D eigenvalue weighted by molar-refractivity contribution is 0.0422. The molecule has 2 rings (SSSR count). The van der Waals surface area contributed by atoms with E-state index in [0.29, 0.717) is 5.54 Å². The standard InChI is InChI=1S/C14H28N2O/c1-14(2,16-9-4-5-10-16)13-7-6-8-15(13)11-12-17-3/h13H,4-12H2,1-3H3. The van der Waals surface area contributed by atoms with Gasteiger partial charge in [-0.3, -0.25) is 9.80 Å². The quantitative estimate of drug-likeness (QED) is 0.731. The number of hydrogen-bond donors (Lipinski definition) is 0. The lowest BCUT2D eigenvalue weighted by Gasteiger charge is -2.44. The summed E-state index contributed by atoms with van der Waals surface area (Å²) in [5.41, 5.74) is 0.334. The predicted molar refractivity (Wildman–Crippen MR) is 71.4 cm³/mol. The van der Waals surface area contributed by atoms with Crippen molar-refractivity contribution in [1.29, 1.82) is 0 Å². The van der Waals surface area contributed by atoms with Gasteiger partial charge in [0.2, 0.25) is 0 Å². The zero-order valence-corrected chi connectivity index (χ0v) is 11.7. The summed E-state index contributed by atoms with van der Waals surface area (Å²) >= 11 is 0. The van der Waals surface area contributed by atoms with Crippen molar-refractivity contribution in [3.8, 4) is 0 Å². The Morgan fingerprint density at radius 3 is 2.47 bits per heavy atom. The van der Waals surface area contributed by atoms with Crippen LogP contribution in [-0.2, 0) is 4.74 Å². The SMILES string of the molecule is COCCN1CCCC1C(C)(C)N1CCCC1. The van der Waals surface area contributed by atoms with Gasteiger partial charge in [0, 0.05) is 25.2 Å². The molecule has 2 aliphatic heterocycles. The second kappa shape index (κ2) is 5.68. The molecule has 0 aromatic heterocycles. The van der Waals surface area contributed by atoms with E-state index in [1.54, 1.807) is 7.11 Å². The van der Waals surface area contributed by atoms with Gasteiger partial charge in [-0.25, -0.2) is 0 Å². The molecule has 0 N–H and O–H groups in total. The minimum absolute atomic E-state index is 0.334. The first-order valence-electron chi connectivity index (χ1n) is 7.14. The van der Waals surface area contributed by atoms with Crippen LogP contribution in [0.2, 0.25) is 0 Å². The van der Waals surface area contributed by atoms with Crippen molar-refractivity contribution in [3.05, 3.63) is 0 Å². The predicted octanol–water partition coefficient (Wildman–Crippen LogP) is 1.97. The Balaban J connectivity index is 1.98. The molecule has 1 atom stereocenters. The van der Waals surface area contributed by atoms with E-state index in [1.165, 1.54) is 45.3 Å². The van der Waals surface area contributed by atoms with Crippen molar-refractivity contribution < 1.29 is 4.74 Å². The molecule has 0 amide bonds. The van der Waals surface area contributed by atoms with E-state index in [0.717, 1.165) is 19.2 Å². The van der Waals surface area contributed by atoms with Gasteiger partial charge in [0.1, 0.15) is 0 Å². The fourth-order valence-corrected chi connectivity index (χ4v) is 3.61. The molecule has 3 nitrogen and oxygen atoms in total. The van der Waals surface area contributed by atoms with Crippen LogP contribution in [0.1, 0.15) is 39.5 Å². The average molecular weight is 240 g/mol. The molecule has 2 saturated heterocycles. The molecule has 0 spiro atoms. The van der Waals surface area contributed by atoms with E-state index in [4.69, 9.17) is 4.74 Å². The highest BCUT2D eigenvalue weighted by Crippen LogP contribution is 2.33. The van der Waals surface area contributed by atoms with Crippen LogP contribution in [0.5, 0.6) is 0 Å². The fourth-order valence-electron chi connectivity index (χ4n) is 3.61. The second-order valence-electron chi connectivity index (χ2n) is 6.03. The molecule has 0 aliphatic carbocycles. The molecule has 2 heterocycles. The first-order valence-corrected chi connectivity index (χ1v) is 7.14. The summed E-state index contributed by atoms with van der Waals surface area (Å²) in [6.07, 6.45) is 5.47. The largest absolute Gasteiger partial charge is 0.383 e. The number of hydrogen-bond acceptors (Lipinski definition) is 3. The molecule has 0 bridgehead atoms. The summed E-state index contributed by atoms with van der Waals surface area (Å²) in [4.78, 5) is 5.34. The number of rotatable bonds is 5. The van der Waals surface area contributed by atoms with Crippen molar-refractivity contribution in [2.24, 2.45) is 0 Å². The zero-order chi connectivity index (χ0) is 12.3. The Morgan fingerprint density at radius 1 is 1.12 bits per heavy atom. The minimum Gasteiger partial charge on any atom is -0.383 e. The third-order valence-corrected chi connectivity index (χ3v) is 4.68. The van der Waals surface area contributed by atoms with Crippen molar-refractivity contribution in [2.45, 2.75) is 51.1 Å². The Bertz CT molecular complexity index is 236. The minimum atomic E-state index is 0.334. The van der Waals surface area contributed by atoms with Crippen LogP contribution in [0.4, 0.5) is 0 Å². The first-order chi connectivity index (χ1) is 8.16. The van der Waals surface area contributed by atoms with E-state index in [-0.39, 0.29) is 0 Å². The molecule has 17 heavy (non-hydrogen) atoms. The molecule has 0 radical (unpaired) electrons. The summed E-state index contributed by atoms with van der Waals surface area (Å²) in [6.45, 7) is 10.7. The zero-order valence-electron chi connectivity index (χ0n) is 11.7. The number of ether oxygens (including phenoxy) is 1. The fraction of sp³-hybridized carbons (Fsp3) is 1.00. The van der Waals surface area contributed by atoms with Gasteiger partial charge in [-0.05, 0) is 59.2 Å². The normalized spacial score (nSPS) is 28.1. The van der Waals surface area contributed by atoms with Gasteiger partial charge in [0.25, 0.3) is 0 Å². The third-order valence-electron chi connectivity index (χ3n) is 4.68. The van der Waals surface area contributed by atoms with Gasteiger partial charge < -0.3 is 4.74 Å². The van der Waals surface area contributed by atoms with Gasteiger partial charge in [0.05, 0.1) is 6.61 Å². The summed E-state index contributed by atoms with van der Waals surface area (Å²) < 4.78 is 5.23. The summed E-state index contributed by atoms with van der Waals surface area (Å²) in [5.74, 6) is 0. The maximum Gasteiger partial charge on any atom is 0.0589 e. The van der Waals surface area contributed by atoms with Crippen molar-refractivity contribution in [3.63, 3.8) is 0 Å². The molecule has 0 saturated carbocycles. The van der Waals surface area contributed by atoms with E-state index < -0.39 is 0 Å². The Kier molecular flexibility index (Phi) is 4.45. The van der Waals surface area contributed by atoms with Crippen molar-refractivity contribution in [2.75, 3.05) is 39.9 Å². The maximum absolute atomic E-state index is 5.23. The maximum atomic E-state index is 5.23. The summed E-state index contributed by atoms with van der Waals surface area (Å²) in [5, 5.41) is 0. The molecular formula is C14H28N2O. The van der Waals surface area contributed by atoms with E-state index in [2.05, 4.69) is 23.6 Å². The van der Waals surface area contributed by atoms with Gasteiger partial charge >= 0.3 is 0 Å². The van der Waals surface area contributed by atoms with Gasteiger partial charge in [-0.1, -0.05) is 0 Å². The molecule has 1 unspecified atom stereocenters. The lowest BCUT2D eigenvalue weighted by atomic mass is 9.90. The molecule has 0 aromatic rings. The van der Waals surface area contributed by atoms with Crippen LogP contribution >= 0.6 is 0 Å². The van der Waals surface area contributed by atoms with E-state index >= 15 is 0 Å². The average Bonchev–Trinajstić information content (AvgIpc) is 2.97. The second-order valence-corrected chi connectivity index (χ2v) is 6.03. The van der Waals surface area contributed by atoms with Crippen LogP contribution in [0.3, 0.4) is 0 Å². The Morgan fingerprint density at radius 2 is 1.82 bits per heavy atom. The highest BCUT2D eigenvalue weighted by molar-refractivity contribution is 4.99. The lowest BCUT2D eigenvalue weighted by Crippen LogP contribution is -2.56. The third kappa shape index (κ3) is 2.83. The number of methoxy groups -OCH3 is 1. The van der Waals surface area contributed by atoms with Crippen LogP contribution in [0.15, 0.2) is 0 Å². The van der Waals surface area contributed by atoms with Crippen LogP contribution < -0.4 is 0 Å². The van der Waals surface area contributed by atoms with Crippen molar-refractivity contribution in [1.82, 2.24) is 9.80 Å². The number of likely N-dealkylation sites (tertiary alicyclic amines) is 2. The molecule has 0 aromatic carbocycles. The van der Waals surface area contributed by atoms with E-state index in [1.807, 2.05) is 0 Å². The summed E-state index contributed by atoms with van der Waals surface area (Å²) in [7, 11) is 1.80. The molecular weight excluding hydrogens is 212 g/mol.